The van der Waals surface area contributed by atoms with E-state index < -0.39 is 0 Å². The number of anilines is 2. The standard InChI is InChI=1S/C43H36N4/c1-42(2)43(3,4)47-40-34(30-18-10-6-11-19-30)26-25-33(29-16-8-5-9-17-29)39(40)44-41(47)46(42)32-24-27-38-36(28-32)35-22-14-15-23-37(35)45(38)31-20-12-7-13-21-31/h5-28H,1-4H3. The zero-order chi connectivity index (χ0) is 31.9. The molecule has 4 heteroatoms. The van der Waals surface area contributed by atoms with E-state index in [0.29, 0.717) is 0 Å². The van der Waals surface area contributed by atoms with E-state index in [1.165, 1.54) is 44.0 Å². The molecule has 6 aromatic carbocycles. The smallest absolute Gasteiger partial charge is 0.212 e. The van der Waals surface area contributed by atoms with Gasteiger partial charge >= 0.3 is 0 Å². The molecule has 0 fully saturated rings. The van der Waals surface area contributed by atoms with E-state index in [9.17, 15) is 0 Å². The number of rotatable bonds is 4. The van der Waals surface area contributed by atoms with Gasteiger partial charge in [0, 0.05) is 33.3 Å². The van der Waals surface area contributed by atoms with Gasteiger partial charge < -0.3 is 14.0 Å². The Morgan fingerprint density at radius 2 is 1.06 bits per heavy atom. The first-order chi connectivity index (χ1) is 22.9. The average molecular weight is 609 g/mol. The molecule has 1 aliphatic heterocycles. The molecule has 0 bridgehead atoms. The van der Waals surface area contributed by atoms with Crippen LogP contribution in [0.1, 0.15) is 27.7 Å². The first kappa shape index (κ1) is 27.7. The van der Waals surface area contributed by atoms with Crippen molar-refractivity contribution in [1.29, 1.82) is 0 Å². The summed E-state index contributed by atoms with van der Waals surface area (Å²) in [6.07, 6.45) is 0. The van der Waals surface area contributed by atoms with Crippen LogP contribution in [0.15, 0.2) is 146 Å². The summed E-state index contributed by atoms with van der Waals surface area (Å²) >= 11 is 0. The largest absolute Gasteiger partial charge is 0.309 e. The summed E-state index contributed by atoms with van der Waals surface area (Å²) in [5.41, 5.74) is 11.1. The lowest BCUT2D eigenvalue weighted by molar-refractivity contribution is 0.253. The zero-order valence-corrected chi connectivity index (χ0v) is 27.1. The SMILES string of the molecule is CC1(C)N(c2ccc3c(c2)c2ccccc2n3-c2ccccc2)c2nc3c(-c4ccccc4)ccc(-c4ccccc4)c3n2C1(C)C. The van der Waals surface area contributed by atoms with Crippen molar-refractivity contribution in [3.05, 3.63) is 146 Å². The van der Waals surface area contributed by atoms with Crippen LogP contribution in [0, 0.1) is 0 Å². The van der Waals surface area contributed by atoms with Crippen LogP contribution in [0.3, 0.4) is 0 Å². The van der Waals surface area contributed by atoms with Gasteiger partial charge in [0.05, 0.1) is 33.1 Å². The molecule has 0 unspecified atom stereocenters. The summed E-state index contributed by atoms with van der Waals surface area (Å²) < 4.78 is 4.88. The minimum Gasteiger partial charge on any atom is -0.309 e. The van der Waals surface area contributed by atoms with Gasteiger partial charge in [-0.05, 0) is 75.2 Å². The van der Waals surface area contributed by atoms with Crippen molar-refractivity contribution in [2.24, 2.45) is 0 Å². The summed E-state index contributed by atoms with van der Waals surface area (Å²) in [5, 5.41) is 2.48. The van der Waals surface area contributed by atoms with Crippen LogP contribution in [0.5, 0.6) is 0 Å². The predicted octanol–water partition coefficient (Wildman–Crippen LogP) is 11.1. The van der Waals surface area contributed by atoms with Crippen molar-refractivity contribution in [1.82, 2.24) is 14.1 Å². The Bertz CT molecular complexity index is 2450. The van der Waals surface area contributed by atoms with E-state index in [0.717, 1.165) is 28.4 Å². The number of fused-ring (bicyclic) bond motifs is 6. The molecular weight excluding hydrogens is 573 g/mol. The second kappa shape index (κ2) is 9.94. The minimum atomic E-state index is -0.289. The summed E-state index contributed by atoms with van der Waals surface area (Å²) in [6.45, 7) is 9.44. The van der Waals surface area contributed by atoms with Gasteiger partial charge in [-0.1, -0.05) is 109 Å². The third-order valence-corrected chi connectivity index (χ3v) is 10.7. The predicted molar refractivity (Wildman–Crippen MR) is 197 cm³/mol. The Morgan fingerprint density at radius 3 is 1.77 bits per heavy atom. The van der Waals surface area contributed by atoms with Gasteiger partial charge in [-0.2, -0.15) is 0 Å². The molecule has 2 aromatic heterocycles. The van der Waals surface area contributed by atoms with Crippen LogP contribution in [-0.4, -0.2) is 19.7 Å². The van der Waals surface area contributed by atoms with Crippen molar-refractivity contribution in [3.8, 4) is 27.9 Å². The van der Waals surface area contributed by atoms with Gasteiger partial charge in [-0.3, -0.25) is 0 Å². The van der Waals surface area contributed by atoms with E-state index in [1.54, 1.807) is 0 Å². The number of imidazole rings is 1. The molecule has 47 heavy (non-hydrogen) atoms. The fourth-order valence-corrected chi connectivity index (χ4v) is 7.74. The van der Waals surface area contributed by atoms with Crippen LogP contribution < -0.4 is 4.90 Å². The monoisotopic (exact) mass is 608 g/mol. The van der Waals surface area contributed by atoms with E-state index >= 15 is 0 Å². The van der Waals surface area contributed by atoms with E-state index in [1.807, 2.05) is 0 Å². The van der Waals surface area contributed by atoms with E-state index in [4.69, 9.17) is 4.98 Å². The Kier molecular flexibility index (Phi) is 5.86. The molecule has 228 valence electrons. The number of benzene rings is 6. The number of hydrogen-bond acceptors (Lipinski definition) is 2. The Labute approximate surface area is 275 Å². The third kappa shape index (κ3) is 3.85. The van der Waals surface area contributed by atoms with Crippen molar-refractivity contribution in [3.63, 3.8) is 0 Å². The van der Waals surface area contributed by atoms with Gasteiger partial charge in [-0.15, -0.1) is 0 Å². The minimum absolute atomic E-state index is 0.286. The Hall–Kier alpha value is -5.61. The summed E-state index contributed by atoms with van der Waals surface area (Å²) in [7, 11) is 0. The quantitative estimate of drug-likeness (QED) is 0.199. The highest BCUT2D eigenvalue weighted by Crippen LogP contribution is 2.54. The van der Waals surface area contributed by atoms with Gasteiger partial charge in [0.25, 0.3) is 0 Å². The maximum Gasteiger partial charge on any atom is 0.212 e. The molecule has 9 rings (SSSR count). The maximum absolute atomic E-state index is 5.58. The normalized spacial score (nSPS) is 15.1. The zero-order valence-electron chi connectivity index (χ0n) is 27.1. The summed E-state index contributed by atoms with van der Waals surface area (Å²) in [4.78, 5) is 8.06. The summed E-state index contributed by atoms with van der Waals surface area (Å²) in [5.74, 6) is 0.974. The highest BCUT2D eigenvalue weighted by Gasteiger charge is 2.53. The van der Waals surface area contributed by atoms with Crippen LogP contribution in [0.2, 0.25) is 0 Å². The number of nitrogens with zero attached hydrogens (tertiary/aromatic N) is 4. The molecule has 0 saturated carbocycles. The average Bonchev–Trinajstić information content (AvgIpc) is 3.70. The Morgan fingerprint density at radius 1 is 0.489 bits per heavy atom. The number of para-hydroxylation sites is 2. The maximum atomic E-state index is 5.58. The molecule has 0 saturated heterocycles. The lowest BCUT2D eigenvalue weighted by Crippen LogP contribution is -2.50. The molecule has 0 atom stereocenters. The fraction of sp³-hybridized carbons (Fsp3) is 0.140. The van der Waals surface area contributed by atoms with Crippen LogP contribution in [0.25, 0.3) is 60.8 Å². The van der Waals surface area contributed by atoms with Gasteiger partial charge in [-0.25, -0.2) is 4.98 Å². The number of aromatic nitrogens is 3. The van der Waals surface area contributed by atoms with Crippen molar-refractivity contribution >= 4 is 44.5 Å². The van der Waals surface area contributed by atoms with Gasteiger partial charge in [0.15, 0.2) is 0 Å². The lowest BCUT2D eigenvalue weighted by atomic mass is 9.82. The fourth-order valence-electron chi connectivity index (χ4n) is 7.74. The third-order valence-electron chi connectivity index (χ3n) is 10.7. The highest BCUT2D eigenvalue weighted by molar-refractivity contribution is 6.11. The molecule has 0 amide bonds. The molecule has 4 nitrogen and oxygen atoms in total. The van der Waals surface area contributed by atoms with Crippen molar-refractivity contribution in [2.75, 3.05) is 4.90 Å². The molecular formula is C43H36N4. The van der Waals surface area contributed by atoms with Gasteiger partial charge in [0.1, 0.15) is 0 Å². The lowest BCUT2D eigenvalue weighted by Gasteiger charge is -2.41. The van der Waals surface area contributed by atoms with Crippen molar-refractivity contribution < 1.29 is 0 Å². The molecule has 1 aliphatic rings. The highest BCUT2D eigenvalue weighted by atomic mass is 15.4. The molecule has 0 aliphatic carbocycles. The van der Waals surface area contributed by atoms with E-state index in [-0.39, 0.29) is 11.1 Å². The first-order valence-corrected chi connectivity index (χ1v) is 16.4. The topological polar surface area (TPSA) is 26.0 Å². The second-order valence-electron chi connectivity index (χ2n) is 13.7. The number of hydrogen-bond donors (Lipinski definition) is 0. The molecule has 0 spiro atoms. The molecule has 3 heterocycles. The van der Waals surface area contributed by atoms with Gasteiger partial charge in [0.2, 0.25) is 5.95 Å². The molecule has 8 aromatic rings. The molecule has 0 radical (unpaired) electrons. The second-order valence-corrected chi connectivity index (χ2v) is 13.7. The van der Waals surface area contributed by atoms with Crippen molar-refractivity contribution in [2.45, 2.75) is 38.8 Å². The van der Waals surface area contributed by atoms with Crippen LogP contribution in [-0.2, 0) is 5.54 Å². The van der Waals surface area contributed by atoms with Crippen LogP contribution >= 0.6 is 0 Å². The first-order valence-electron chi connectivity index (χ1n) is 16.4. The van der Waals surface area contributed by atoms with E-state index in [2.05, 4.69) is 187 Å². The summed E-state index contributed by atoms with van der Waals surface area (Å²) in [6, 6.07) is 52.3. The molecule has 0 N–H and O–H groups in total. The Balaban J connectivity index is 1.33. The van der Waals surface area contributed by atoms with Crippen LogP contribution in [0.4, 0.5) is 11.6 Å².